The summed E-state index contributed by atoms with van der Waals surface area (Å²) in [4.78, 5) is 5.94. The molecule has 2 nitrogen and oxygen atoms in total. The van der Waals surface area contributed by atoms with Crippen LogP contribution < -0.4 is 4.74 Å². The topological polar surface area (TPSA) is 21.6 Å². The maximum absolute atomic E-state index is 5.77. The van der Waals surface area contributed by atoms with Crippen molar-refractivity contribution in [3.8, 4) is 5.75 Å². The summed E-state index contributed by atoms with van der Waals surface area (Å²) in [6.45, 7) is 2.01. The average molecular weight is 345 g/mol. The van der Waals surface area contributed by atoms with Gasteiger partial charge in [-0.05, 0) is 43.3 Å². The first-order valence-corrected chi connectivity index (χ1v) is 8.88. The van der Waals surface area contributed by atoms with Gasteiger partial charge in [0.1, 0.15) is 10.8 Å². The van der Waals surface area contributed by atoms with Gasteiger partial charge in [-0.25, -0.2) is 4.99 Å². The fraction of sp³-hybridized carbons (Fsp3) is 0.0455. The van der Waals surface area contributed by atoms with E-state index in [1.807, 2.05) is 85.8 Å². The summed E-state index contributed by atoms with van der Waals surface area (Å²) in [6, 6.07) is 29.9. The number of hydrogen-bond acceptors (Lipinski definition) is 3. The van der Waals surface area contributed by atoms with E-state index in [1.165, 1.54) is 0 Å². The normalized spacial score (nSPS) is 12.0. The van der Waals surface area contributed by atoms with Gasteiger partial charge in [-0.3, -0.25) is 0 Å². The molecule has 0 N–H and O–H groups in total. The molecular formula is C22H19NOS. The van der Waals surface area contributed by atoms with Gasteiger partial charge in [-0.15, -0.1) is 0 Å². The second kappa shape index (κ2) is 8.90. The first kappa shape index (κ1) is 17.1. The van der Waals surface area contributed by atoms with Crippen LogP contribution in [0.5, 0.6) is 5.75 Å². The molecule has 0 bridgehead atoms. The number of ether oxygens (including phenoxy) is 1. The number of nitrogens with zero attached hydrogens (tertiary/aromatic N) is 1. The maximum atomic E-state index is 5.77. The van der Waals surface area contributed by atoms with Crippen LogP contribution in [0.25, 0.3) is 0 Å². The van der Waals surface area contributed by atoms with Crippen molar-refractivity contribution >= 4 is 22.5 Å². The Labute approximate surface area is 152 Å². The highest BCUT2D eigenvalue weighted by molar-refractivity contribution is 8.14. The Hall–Kier alpha value is -2.78. The van der Waals surface area contributed by atoms with Crippen molar-refractivity contribution in [1.82, 2.24) is 0 Å². The molecule has 0 saturated carbocycles. The second-order valence-electron chi connectivity index (χ2n) is 5.40. The van der Waals surface area contributed by atoms with Crippen LogP contribution in [0.3, 0.4) is 0 Å². The van der Waals surface area contributed by atoms with E-state index in [1.54, 1.807) is 18.0 Å². The summed E-state index contributed by atoms with van der Waals surface area (Å²) in [5.74, 6) is 0.811. The van der Waals surface area contributed by atoms with E-state index >= 15 is 0 Å². The van der Waals surface area contributed by atoms with Crippen LogP contribution in [0.4, 0.5) is 5.69 Å². The van der Waals surface area contributed by atoms with Crippen molar-refractivity contribution < 1.29 is 4.74 Å². The lowest BCUT2D eigenvalue weighted by Crippen LogP contribution is -1.97. The summed E-state index contributed by atoms with van der Waals surface area (Å²) < 4.78 is 5.77. The molecule has 0 radical (unpaired) electrons. The summed E-state index contributed by atoms with van der Waals surface area (Å²) >= 11 is 1.63. The highest BCUT2D eigenvalue weighted by Gasteiger charge is 2.07. The molecule has 0 atom stereocenters. The average Bonchev–Trinajstić information content (AvgIpc) is 2.68. The van der Waals surface area contributed by atoms with Gasteiger partial charge in [0, 0.05) is 10.5 Å². The Morgan fingerprint density at radius 3 is 2.00 bits per heavy atom. The van der Waals surface area contributed by atoms with Crippen LogP contribution >= 0.6 is 11.8 Å². The van der Waals surface area contributed by atoms with Gasteiger partial charge in [0.05, 0.1) is 11.9 Å². The molecule has 0 fully saturated rings. The molecule has 0 aliphatic heterocycles. The molecule has 3 aromatic carbocycles. The molecule has 0 amide bonds. The van der Waals surface area contributed by atoms with Gasteiger partial charge >= 0.3 is 0 Å². The minimum atomic E-state index is 0.811. The number of benzene rings is 3. The van der Waals surface area contributed by atoms with E-state index in [0.717, 1.165) is 26.9 Å². The van der Waals surface area contributed by atoms with Crippen LogP contribution in [-0.2, 0) is 0 Å². The smallest absolute Gasteiger partial charge is 0.126 e. The van der Waals surface area contributed by atoms with E-state index < -0.39 is 0 Å². The Morgan fingerprint density at radius 2 is 1.36 bits per heavy atom. The standard InChI is InChI=1S/C22H19NOS/c1-18(17-24-20-13-7-3-8-14-20)22(23-19-11-5-2-6-12-19)25-21-15-9-4-10-16-21/h2-17H,1H3/b18-17+,23-22+. The largest absolute Gasteiger partial charge is 0.465 e. The van der Waals surface area contributed by atoms with E-state index in [-0.39, 0.29) is 0 Å². The van der Waals surface area contributed by atoms with Gasteiger partial charge in [-0.2, -0.15) is 0 Å². The van der Waals surface area contributed by atoms with Gasteiger partial charge in [0.25, 0.3) is 0 Å². The van der Waals surface area contributed by atoms with Crippen molar-refractivity contribution in [3.05, 3.63) is 103 Å². The van der Waals surface area contributed by atoms with Crippen LogP contribution in [-0.4, -0.2) is 5.04 Å². The molecular weight excluding hydrogens is 326 g/mol. The SMILES string of the molecule is CC(=C\Oc1ccccc1)/C(=N\c1ccccc1)Sc1ccccc1. The zero-order valence-corrected chi connectivity index (χ0v) is 14.8. The molecule has 0 heterocycles. The fourth-order valence-electron chi connectivity index (χ4n) is 2.12. The second-order valence-corrected chi connectivity index (χ2v) is 6.46. The van der Waals surface area contributed by atoms with Crippen molar-refractivity contribution in [2.45, 2.75) is 11.8 Å². The molecule has 124 valence electrons. The highest BCUT2D eigenvalue weighted by atomic mass is 32.2. The number of thioether (sulfide) groups is 1. The molecule has 25 heavy (non-hydrogen) atoms. The third-order valence-electron chi connectivity index (χ3n) is 3.40. The quantitative estimate of drug-likeness (QED) is 0.228. The van der Waals surface area contributed by atoms with Crippen LogP contribution in [0.15, 0.2) is 113 Å². The van der Waals surface area contributed by atoms with Crippen molar-refractivity contribution in [2.24, 2.45) is 4.99 Å². The summed E-state index contributed by atoms with van der Waals surface area (Å²) in [6.07, 6.45) is 1.76. The predicted molar refractivity (Wildman–Crippen MR) is 107 cm³/mol. The molecule has 0 aromatic heterocycles. The zero-order valence-electron chi connectivity index (χ0n) is 14.0. The lowest BCUT2D eigenvalue weighted by Gasteiger charge is -2.08. The van der Waals surface area contributed by atoms with Gasteiger partial charge in [0.2, 0.25) is 0 Å². The van der Waals surface area contributed by atoms with Crippen molar-refractivity contribution in [1.29, 1.82) is 0 Å². The van der Waals surface area contributed by atoms with E-state index in [9.17, 15) is 0 Å². The lowest BCUT2D eigenvalue weighted by atomic mass is 10.3. The van der Waals surface area contributed by atoms with E-state index in [0.29, 0.717) is 0 Å². The molecule has 3 rings (SSSR count). The summed E-state index contributed by atoms with van der Waals surface area (Å²) in [5, 5.41) is 0.910. The maximum Gasteiger partial charge on any atom is 0.126 e. The number of aliphatic imine (C=N–C) groups is 1. The lowest BCUT2D eigenvalue weighted by molar-refractivity contribution is 0.478. The molecule has 0 aliphatic rings. The first-order valence-electron chi connectivity index (χ1n) is 8.07. The molecule has 3 aromatic rings. The van der Waals surface area contributed by atoms with Crippen LogP contribution in [0.2, 0.25) is 0 Å². The van der Waals surface area contributed by atoms with Crippen molar-refractivity contribution in [3.63, 3.8) is 0 Å². The van der Waals surface area contributed by atoms with Crippen molar-refractivity contribution in [2.75, 3.05) is 0 Å². The van der Waals surface area contributed by atoms with Crippen LogP contribution in [0.1, 0.15) is 6.92 Å². The minimum absolute atomic E-state index is 0.811. The Kier molecular flexibility index (Phi) is 6.07. The number of rotatable bonds is 5. The van der Waals surface area contributed by atoms with E-state index in [2.05, 4.69) is 12.1 Å². The monoisotopic (exact) mass is 345 g/mol. The Morgan fingerprint density at radius 1 is 0.800 bits per heavy atom. The van der Waals surface area contributed by atoms with Crippen LogP contribution in [0, 0.1) is 0 Å². The van der Waals surface area contributed by atoms with Gasteiger partial charge in [-0.1, -0.05) is 66.4 Å². The predicted octanol–water partition coefficient (Wildman–Crippen LogP) is 6.49. The van der Waals surface area contributed by atoms with Gasteiger partial charge < -0.3 is 4.74 Å². The molecule has 3 heteroatoms. The number of hydrogen-bond donors (Lipinski definition) is 0. The first-order chi connectivity index (χ1) is 12.3. The number of para-hydroxylation sites is 2. The molecule has 0 saturated heterocycles. The highest BCUT2D eigenvalue weighted by Crippen LogP contribution is 2.26. The fourth-order valence-corrected chi connectivity index (χ4v) is 2.99. The molecule has 0 unspecified atom stereocenters. The summed E-state index contributed by atoms with van der Waals surface area (Å²) in [5.41, 5.74) is 1.90. The Bertz CT molecular complexity index is 843. The third-order valence-corrected chi connectivity index (χ3v) is 4.51. The van der Waals surface area contributed by atoms with E-state index in [4.69, 9.17) is 9.73 Å². The molecule has 0 aliphatic carbocycles. The zero-order chi connectivity index (χ0) is 17.3. The summed E-state index contributed by atoms with van der Waals surface area (Å²) in [7, 11) is 0. The minimum Gasteiger partial charge on any atom is -0.465 e. The molecule has 0 spiro atoms. The third kappa shape index (κ3) is 5.37. The Balaban J connectivity index is 1.86. The van der Waals surface area contributed by atoms with Gasteiger partial charge in [0.15, 0.2) is 0 Å².